The van der Waals surface area contributed by atoms with E-state index < -0.39 is 12.0 Å². The third kappa shape index (κ3) is 5.54. The number of rotatable bonds is 8. The Morgan fingerprint density at radius 1 is 1.10 bits per heavy atom. The summed E-state index contributed by atoms with van der Waals surface area (Å²) >= 11 is 4.84. The summed E-state index contributed by atoms with van der Waals surface area (Å²) in [5, 5.41) is 0. The largest absolute Gasteiger partial charge is 0.493 e. The lowest BCUT2D eigenvalue weighted by Gasteiger charge is -2.25. The van der Waals surface area contributed by atoms with Crippen LogP contribution in [0.2, 0.25) is 0 Å². The van der Waals surface area contributed by atoms with Gasteiger partial charge in [0.05, 0.1) is 42.2 Å². The molecule has 0 amide bonds. The van der Waals surface area contributed by atoms with Crippen molar-refractivity contribution >= 4 is 39.3 Å². The van der Waals surface area contributed by atoms with Crippen molar-refractivity contribution in [2.24, 2.45) is 4.99 Å². The van der Waals surface area contributed by atoms with Gasteiger partial charge in [-0.3, -0.25) is 9.36 Å². The van der Waals surface area contributed by atoms with Crippen LogP contribution in [0.1, 0.15) is 43.7 Å². The molecule has 0 radical (unpaired) electrons. The van der Waals surface area contributed by atoms with Gasteiger partial charge in [0.15, 0.2) is 16.3 Å². The average Bonchev–Trinajstić information content (AvgIpc) is 3.52. The van der Waals surface area contributed by atoms with E-state index in [0.29, 0.717) is 55.8 Å². The van der Waals surface area contributed by atoms with Crippen molar-refractivity contribution in [3.05, 3.63) is 101 Å². The first-order valence-electron chi connectivity index (χ1n) is 13.1. The third-order valence-electron chi connectivity index (χ3n) is 6.61. The SMILES string of the molecule is CCOC(=O)C1=C(C)N=c2s/c(=C\c3ccc(-c4ccc(C)cc4Br)o3)c(=O)n2[C@H]1c1ccc(OC)c(OCC)c1. The number of aryl methyl sites for hydroxylation is 1. The van der Waals surface area contributed by atoms with Crippen LogP contribution in [0, 0.1) is 6.92 Å². The van der Waals surface area contributed by atoms with Gasteiger partial charge in [-0.1, -0.05) is 39.4 Å². The highest BCUT2D eigenvalue weighted by Crippen LogP contribution is 2.36. The number of thiazole rings is 1. The van der Waals surface area contributed by atoms with Crippen LogP contribution in [0.5, 0.6) is 11.5 Å². The molecule has 0 N–H and O–H groups in total. The second-order valence-corrected chi connectivity index (χ2v) is 11.2. The van der Waals surface area contributed by atoms with Crippen molar-refractivity contribution in [2.45, 2.75) is 33.7 Å². The number of methoxy groups -OCH3 is 1. The summed E-state index contributed by atoms with van der Waals surface area (Å²) in [5.41, 5.74) is 3.20. The molecule has 4 aromatic rings. The highest BCUT2D eigenvalue weighted by atomic mass is 79.9. The van der Waals surface area contributed by atoms with E-state index in [-0.39, 0.29) is 12.2 Å². The molecule has 1 aliphatic heterocycles. The summed E-state index contributed by atoms with van der Waals surface area (Å²) < 4.78 is 25.6. The fourth-order valence-electron chi connectivity index (χ4n) is 4.76. The highest BCUT2D eigenvalue weighted by Gasteiger charge is 2.34. The minimum Gasteiger partial charge on any atom is -0.493 e. The van der Waals surface area contributed by atoms with Gasteiger partial charge >= 0.3 is 5.97 Å². The third-order valence-corrected chi connectivity index (χ3v) is 8.25. The molecular formula is C31H29BrN2O6S. The maximum Gasteiger partial charge on any atom is 0.338 e. The summed E-state index contributed by atoms with van der Waals surface area (Å²) in [5.74, 6) is 1.74. The van der Waals surface area contributed by atoms with Crippen LogP contribution in [-0.4, -0.2) is 30.9 Å². The van der Waals surface area contributed by atoms with Crippen molar-refractivity contribution in [1.82, 2.24) is 4.57 Å². The molecule has 0 bridgehead atoms. The smallest absolute Gasteiger partial charge is 0.338 e. The molecule has 0 unspecified atom stereocenters. The van der Waals surface area contributed by atoms with Crippen LogP contribution in [0.3, 0.4) is 0 Å². The zero-order valence-electron chi connectivity index (χ0n) is 23.3. The minimum atomic E-state index is -0.770. The number of furan rings is 1. The van der Waals surface area contributed by atoms with E-state index in [0.717, 1.165) is 15.6 Å². The first kappa shape index (κ1) is 28.6. The number of ether oxygens (including phenoxy) is 3. The number of halogens is 1. The van der Waals surface area contributed by atoms with Gasteiger partial charge in [-0.15, -0.1) is 0 Å². The van der Waals surface area contributed by atoms with Gasteiger partial charge in [-0.05, 0) is 75.2 Å². The molecule has 5 rings (SSSR count). The zero-order valence-corrected chi connectivity index (χ0v) is 25.7. The number of hydrogen-bond donors (Lipinski definition) is 0. The molecule has 2 aromatic heterocycles. The lowest BCUT2D eigenvalue weighted by atomic mass is 9.95. The van der Waals surface area contributed by atoms with E-state index in [1.165, 1.54) is 15.9 Å². The highest BCUT2D eigenvalue weighted by molar-refractivity contribution is 9.10. The summed E-state index contributed by atoms with van der Waals surface area (Å²) in [7, 11) is 1.56. The number of hydrogen-bond acceptors (Lipinski definition) is 8. The van der Waals surface area contributed by atoms with Gasteiger partial charge in [-0.2, -0.15) is 0 Å². The molecule has 1 aliphatic rings. The van der Waals surface area contributed by atoms with Gasteiger partial charge in [0.2, 0.25) is 0 Å². The number of carbonyl (C=O) groups excluding carboxylic acids is 1. The van der Waals surface area contributed by atoms with Gasteiger partial charge in [-0.25, -0.2) is 9.79 Å². The second kappa shape index (κ2) is 11.9. The molecule has 8 nitrogen and oxygen atoms in total. The number of fused-ring (bicyclic) bond motifs is 1. The topological polar surface area (TPSA) is 92.3 Å². The van der Waals surface area contributed by atoms with E-state index in [1.54, 1.807) is 39.2 Å². The minimum absolute atomic E-state index is 0.192. The van der Waals surface area contributed by atoms with Crippen LogP contribution in [0.15, 0.2) is 78.5 Å². The number of nitrogens with zero attached hydrogens (tertiary/aromatic N) is 2. The fraction of sp³-hybridized carbons (Fsp3) is 0.258. The summed E-state index contributed by atoms with van der Waals surface area (Å²) in [4.78, 5) is 32.2. The van der Waals surface area contributed by atoms with Gasteiger partial charge in [0.25, 0.3) is 5.56 Å². The quantitative estimate of drug-likeness (QED) is 0.236. The Bertz CT molecular complexity index is 1850. The Kier molecular flexibility index (Phi) is 8.32. The average molecular weight is 638 g/mol. The molecule has 0 aliphatic carbocycles. The molecule has 0 spiro atoms. The maximum atomic E-state index is 13.9. The molecular weight excluding hydrogens is 608 g/mol. The van der Waals surface area contributed by atoms with E-state index in [4.69, 9.17) is 18.6 Å². The second-order valence-electron chi connectivity index (χ2n) is 9.33. The number of benzene rings is 2. The molecule has 0 saturated heterocycles. The summed E-state index contributed by atoms with van der Waals surface area (Å²) in [6.07, 6.45) is 1.70. The van der Waals surface area contributed by atoms with E-state index >= 15 is 0 Å². The molecule has 2 aromatic carbocycles. The number of esters is 1. The predicted molar refractivity (Wildman–Crippen MR) is 161 cm³/mol. The summed E-state index contributed by atoms with van der Waals surface area (Å²) in [6.45, 7) is 8.01. The van der Waals surface area contributed by atoms with Gasteiger partial charge < -0.3 is 18.6 Å². The van der Waals surface area contributed by atoms with Crippen molar-refractivity contribution < 1.29 is 23.4 Å². The number of aromatic nitrogens is 1. The predicted octanol–water partition coefficient (Wildman–Crippen LogP) is 5.54. The first-order chi connectivity index (χ1) is 19.7. The molecule has 3 heterocycles. The Morgan fingerprint density at radius 3 is 2.61 bits per heavy atom. The maximum absolute atomic E-state index is 13.9. The van der Waals surface area contributed by atoms with Crippen LogP contribution in [0.25, 0.3) is 17.4 Å². The van der Waals surface area contributed by atoms with Crippen LogP contribution in [-0.2, 0) is 9.53 Å². The lowest BCUT2D eigenvalue weighted by Crippen LogP contribution is -2.39. The molecule has 212 valence electrons. The van der Waals surface area contributed by atoms with E-state index in [2.05, 4.69) is 20.9 Å². The Morgan fingerprint density at radius 2 is 1.90 bits per heavy atom. The molecule has 10 heteroatoms. The van der Waals surface area contributed by atoms with Crippen LogP contribution >= 0.6 is 27.3 Å². The molecule has 0 saturated carbocycles. The van der Waals surface area contributed by atoms with E-state index in [1.807, 2.05) is 50.2 Å². The number of carbonyl (C=O) groups is 1. The van der Waals surface area contributed by atoms with Crippen LogP contribution in [0.4, 0.5) is 0 Å². The van der Waals surface area contributed by atoms with Crippen LogP contribution < -0.4 is 24.4 Å². The van der Waals surface area contributed by atoms with Crippen molar-refractivity contribution in [3.8, 4) is 22.8 Å². The van der Waals surface area contributed by atoms with E-state index in [9.17, 15) is 9.59 Å². The van der Waals surface area contributed by atoms with Crippen molar-refractivity contribution in [2.75, 3.05) is 20.3 Å². The number of allylic oxidation sites excluding steroid dienone is 1. The Balaban J connectivity index is 1.65. The normalized spacial score (nSPS) is 15.0. The van der Waals surface area contributed by atoms with Gasteiger partial charge in [0, 0.05) is 16.1 Å². The van der Waals surface area contributed by atoms with Crippen molar-refractivity contribution in [1.29, 1.82) is 0 Å². The molecule has 41 heavy (non-hydrogen) atoms. The zero-order chi connectivity index (χ0) is 29.3. The molecule has 0 fully saturated rings. The van der Waals surface area contributed by atoms with Crippen molar-refractivity contribution in [3.63, 3.8) is 0 Å². The monoisotopic (exact) mass is 636 g/mol. The molecule has 1 atom stereocenters. The fourth-order valence-corrected chi connectivity index (χ4v) is 6.48. The Labute approximate surface area is 249 Å². The Hall–Kier alpha value is -3.89. The summed E-state index contributed by atoms with van der Waals surface area (Å²) in [6, 6.07) is 14.3. The standard InChI is InChI=1S/C31H29BrN2O6S/c1-6-38-25-15-19(9-12-24(25)37-5)28-27(30(36)39-7-2)18(4)33-31-34(28)29(35)26(41-31)16-20-10-13-23(40-20)21-11-8-17(3)14-22(21)32/h8-16,28H,6-7H2,1-5H3/b26-16-/t28-/m0/s1. The lowest BCUT2D eigenvalue weighted by molar-refractivity contribution is -0.139. The first-order valence-corrected chi connectivity index (χ1v) is 14.7. The van der Waals surface area contributed by atoms with Gasteiger partial charge in [0.1, 0.15) is 11.5 Å².